The SMILES string of the molecule is CN1CCN(c2ccc(NC(=O)c3cnn(-c4ccc([N+](=O)[O-])cc4)c3)c(C(F)(F)F)c2)CC1. The molecule has 178 valence electrons. The molecule has 1 aliphatic rings. The van der Waals surface area contributed by atoms with E-state index in [1.807, 2.05) is 11.9 Å². The maximum atomic E-state index is 13.8. The second kappa shape index (κ2) is 9.14. The van der Waals surface area contributed by atoms with E-state index in [4.69, 9.17) is 0 Å². The van der Waals surface area contributed by atoms with Crippen molar-refractivity contribution in [2.75, 3.05) is 43.4 Å². The molecule has 1 amide bonds. The van der Waals surface area contributed by atoms with Crippen molar-refractivity contribution < 1.29 is 22.9 Å². The molecule has 9 nitrogen and oxygen atoms in total. The van der Waals surface area contributed by atoms with E-state index >= 15 is 0 Å². The Bertz CT molecular complexity index is 1200. The summed E-state index contributed by atoms with van der Waals surface area (Å²) in [5, 5.41) is 17.1. The summed E-state index contributed by atoms with van der Waals surface area (Å²) in [6, 6.07) is 9.35. The number of benzene rings is 2. The van der Waals surface area contributed by atoms with Crippen LogP contribution in [0.1, 0.15) is 15.9 Å². The fourth-order valence-corrected chi connectivity index (χ4v) is 3.64. The van der Waals surface area contributed by atoms with Gasteiger partial charge in [0.05, 0.1) is 33.6 Å². The molecule has 3 aromatic rings. The zero-order valence-electron chi connectivity index (χ0n) is 18.1. The highest BCUT2D eigenvalue weighted by Gasteiger charge is 2.35. The van der Waals surface area contributed by atoms with Crippen molar-refractivity contribution in [2.45, 2.75) is 6.18 Å². The van der Waals surface area contributed by atoms with Gasteiger partial charge in [-0.15, -0.1) is 0 Å². The summed E-state index contributed by atoms with van der Waals surface area (Å²) < 4.78 is 42.7. The van der Waals surface area contributed by atoms with Gasteiger partial charge in [0.25, 0.3) is 11.6 Å². The number of alkyl halides is 3. The number of amides is 1. The summed E-state index contributed by atoms with van der Waals surface area (Å²) in [5.41, 5.74) is -0.441. The summed E-state index contributed by atoms with van der Waals surface area (Å²) in [6.07, 6.45) is -2.11. The number of halogens is 3. The molecule has 1 aliphatic heterocycles. The molecule has 1 aromatic heterocycles. The number of nitro groups is 1. The van der Waals surface area contributed by atoms with Crippen LogP contribution >= 0.6 is 0 Å². The van der Waals surface area contributed by atoms with Crippen molar-refractivity contribution in [3.8, 4) is 5.69 Å². The average Bonchev–Trinajstić information content (AvgIpc) is 3.30. The van der Waals surface area contributed by atoms with Crippen LogP contribution in [0.15, 0.2) is 54.9 Å². The molecule has 2 aromatic carbocycles. The third-order valence-corrected chi connectivity index (χ3v) is 5.60. The molecular formula is C22H21F3N6O3. The minimum absolute atomic E-state index is 0.0367. The molecule has 0 bridgehead atoms. The molecule has 34 heavy (non-hydrogen) atoms. The molecule has 0 atom stereocenters. The lowest BCUT2D eigenvalue weighted by atomic mass is 10.1. The van der Waals surface area contributed by atoms with Crippen LogP contribution in [0.4, 0.5) is 30.2 Å². The lowest BCUT2D eigenvalue weighted by molar-refractivity contribution is -0.384. The van der Waals surface area contributed by atoms with Gasteiger partial charge in [-0.1, -0.05) is 0 Å². The molecule has 12 heteroatoms. The van der Waals surface area contributed by atoms with Gasteiger partial charge >= 0.3 is 6.18 Å². The van der Waals surface area contributed by atoms with Crippen molar-refractivity contribution in [3.63, 3.8) is 0 Å². The first kappa shape index (κ1) is 23.2. The number of non-ortho nitro benzene ring substituents is 1. The first-order chi connectivity index (χ1) is 16.1. The number of hydrogen-bond acceptors (Lipinski definition) is 6. The molecule has 0 aliphatic carbocycles. The number of nitro benzene ring substituents is 1. The van der Waals surface area contributed by atoms with Gasteiger partial charge in [0.15, 0.2) is 0 Å². The van der Waals surface area contributed by atoms with Gasteiger partial charge in [-0.3, -0.25) is 14.9 Å². The number of aromatic nitrogens is 2. The van der Waals surface area contributed by atoms with E-state index in [0.29, 0.717) is 24.5 Å². The predicted octanol–water partition coefficient (Wildman–Crippen LogP) is 3.80. The van der Waals surface area contributed by atoms with Crippen LogP contribution in [-0.2, 0) is 6.18 Å². The van der Waals surface area contributed by atoms with Gasteiger partial charge in [-0.05, 0) is 37.4 Å². The van der Waals surface area contributed by atoms with Crippen LogP contribution in [-0.4, -0.2) is 58.7 Å². The predicted molar refractivity (Wildman–Crippen MR) is 119 cm³/mol. The maximum absolute atomic E-state index is 13.8. The number of piperazine rings is 1. The van der Waals surface area contributed by atoms with E-state index in [-0.39, 0.29) is 16.9 Å². The zero-order chi connectivity index (χ0) is 24.5. The number of rotatable bonds is 5. The van der Waals surface area contributed by atoms with Crippen LogP contribution in [0.25, 0.3) is 5.69 Å². The summed E-state index contributed by atoms with van der Waals surface area (Å²) in [7, 11) is 1.96. The topological polar surface area (TPSA) is 96.5 Å². The number of hydrogen-bond donors (Lipinski definition) is 1. The van der Waals surface area contributed by atoms with E-state index in [2.05, 4.69) is 15.3 Å². The first-order valence-electron chi connectivity index (χ1n) is 10.4. The van der Waals surface area contributed by atoms with Crippen molar-refractivity contribution in [2.24, 2.45) is 0 Å². The normalized spacial score (nSPS) is 14.8. The largest absolute Gasteiger partial charge is 0.418 e. The van der Waals surface area contributed by atoms with Gasteiger partial charge in [-0.2, -0.15) is 18.3 Å². The molecule has 1 saturated heterocycles. The van der Waals surface area contributed by atoms with E-state index in [9.17, 15) is 28.1 Å². The Morgan fingerprint density at radius 3 is 2.32 bits per heavy atom. The number of nitrogens with one attached hydrogen (secondary N) is 1. The third-order valence-electron chi connectivity index (χ3n) is 5.60. The maximum Gasteiger partial charge on any atom is 0.418 e. The average molecular weight is 474 g/mol. The standard InChI is InChI=1S/C22H21F3N6O3/c1-28-8-10-29(11-9-28)18-6-7-20(19(12-18)22(23,24)25)27-21(32)15-13-26-30(14-15)16-2-4-17(5-3-16)31(33)34/h2-7,12-14H,8-11H2,1H3,(H,27,32). The van der Waals surface area contributed by atoms with E-state index in [1.54, 1.807) is 6.07 Å². The Kier molecular flexibility index (Phi) is 6.24. The van der Waals surface area contributed by atoms with Crippen molar-refractivity contribution in [1.29, 1.82) is 0 Å². The number of carbonyl (C=O) groups is 1. The zero-order valence-corrected chi connectivity index (χ0v) is 18.1. The van der Waals surface area contributed by atoms with Crippen molar-refractivity contribution in [3.05, 3.63) is 76.1 Å². The van der Waals surface area contributed by atoms with Crippen LogP contribution in [0.2, 0.25) is 0 Å². The Morgan fingerprint density at radius 2 is 1.71 bits per heavy atom. The Labute approximate surface area is 192 Å². The fourth-order valence-electron chi connectivity index (χ4n) is 3.64. The first-order valence-corrected chi connectivity index (χ1v) is 10.4. The van der Waals surface area contributed by atoms with Crippen molar-refractivity contribution in [1.82, 2.24) is 14.7 Å². The van der Waals surface area contributed by atoms with Gasteiger partial charge in [0.1, 0.15) is 0 Å². The molecule has 1 fully saturated rings. The summed E-state index contributed by atoms with van der Waals surface area (Å²) >= 11 is 0. The van der Waals surface area contributed by atoms with E-state index in [1.165, 1.54) is 47.4 Å². The molecule has 2 heterocycles. The number of nitrogens with zero attached hydrogens (tertiary/aromatic N) is 5. The van der Waals surface area contributed by atoms with Crippen LogP contribution in [0, 0.1) is 10.1 Å². The molecule has 0 spiro atoms. The van der Waals surface area contributed by atoms with Crippen LogP contribution in [0.3, 0.4) is 0 Å². The fraction of sp³-hybridized carbons (Fsp3) is 0.273. The Balaban J connectivity index is 1.54. The van der Waals surface area contributed by atoms with Crippen LogP contribution in [0.5, 0.6) is 0 Å². The highest BCUT2D eigenvalue weighted by molar-refractivity contribution is 6.04. The molecular weight excluding hydrogens is 453 g/mol. The van der Waals surface area contributed by atoms with Crippen molar-refractivity contribution >= 4 is 23.0 Å². The Morgan fingerprint density at radius 1 is 1.06 bits per heavy atom. The van der Waals surface area contributed by atoms with Crippen LogP contribution < -0.4 is 10.2 Å². The molecule has 1 N–H and O–H groups in total. The lowest BCUT2D eigenvalue weighted by Gasteiger charge is -2.34. The van der Waals surface area contributed by atoms with Gasteiger partial charge in [0, 0.05) is 50.2 Å². The molecule has 0 unspecified atom stereocenters. The highest BCUT2D eigenvalue weighted by Crippen LogP contribution is 2.37. The quantitative estimate of drug-likeness (QED) is 0.446. The molecule has 4 rings (SSSR count). The van der Waals surface area contributed by atoms with Gasteiger partial charge in [-0.25, -0.2) is 4.68 Å². The Hall–Kier alpha value is -3.93. The van der Waals surface area contributed by atoms with E-state index in [0.717, 1.165) is 19.2 Å². The lowest BCUT2D eigenvalue weighted by Crippen LogP contribution is -2.44. The van der Waals surface area contributed by atoms with Gasteiger partial charge in [0.2, 0.25) is 0 Å². The monoisotopic (exact) mass is 474 g/mol. The second-order valence-electron chi connectivity index (χ2n) is 7.92. The number of carbonyl (C=O) groups excluding carboxylic acids is 1. The van der Waals surface area contributed by atoms with Gasteiger partial charge < -0.3 is 15.1 Å². The minimum atomic E-state index is -4.66. The molecule has 0 saturated carbocycles. The van der Waals surface area contributed by atoms with E-state index < -0.39 is 22.6 Å². The second-order valence-corrected chi connectivity index (χ2v) is 7.92. The summed E-state index contributed by atoms with van der Waals surface area (Å²) in [6.45, 7) is 2.72. The summed E-state index contributed by atoms with van der Waals surface area (Å²) in [5.74, 6) is -0.758. The number of anilines is 2. The molecule has 0 radical (unpaired) electrons. The number of likely N-dealkylation sites (N-methyl/N-ethyl adjacent to an activating group) is 1. The minimum Gasteiger partial charge on any atom is -0.369 e. The third kappa shape index (κ3) is 5.01. The highest BCUT2D eigenvalue weighted by atomic mass is 19.4. The summed E-state index contributed by atoms with van der Waals surface area (Å²) in [4.78, 5) is 26.9. The smallest absolute Gasteiger partial charge is 0.369 e.